The minimum absolute atomic E-state index is 0.0787. The van der Waals surface area contributed by atoms with Gasteiger partial charge in [0.05, 0.1) is 13.0 Å². The lowest BCUT2D eigenvalue weighted by molar-refractivity contribution is -0.138. The number of nitrogens with zero attached hydrogens (tertiary/aromatic N) is 2. The highest BCUT2D eigenvalue weighted by Crippen LogP contribution is 2.44. The molecule has 5 heteroatoms. The lowest BCUT2D eigenvalue weighted by Crippen LogP contribution is -2.34. The summed E-state index contributed by atoms with van der Waals surface area (Å²) in [6.45, 7) is 4.30. The summed E-state index contributed by atoms with van der Waals surface area (Å²) < 4.78 is 5.54. The van der Waals surface area contributed by atoms with Crippen LogP contribution >= 0.6 is 0 Å². The first-order valence-electron chi connectivity index (χ1n) is 6.64. The van der Waals surface area contributed by atoms with Crippen molar-refractivity contribution in [1.29, 1.82) is 0 Å². The molecule has 1 aromatic carbocycles. The van der Waals surface area contributed by atoms with Gasteiger partial charge in [-0.2, -0.15) is 0 Å². The quantitative estimate of drug-likeness (QED) is 0.726. The van der Waals surface area contributed by atoms with Crippen LogP contribution in [0.4, 0.5) is 0 Å². The zero-order chi connectivity index (χ0) is 14.5. The van der Waals surface area contributed by atoms with Crippen molar-refractivity contribution in [2.45, 2.75) is 25.8 Å². The topological polar surface area (TPSA) is 59.0 Å². The molecule has 1 unspecified atom stereocenters. The summed E-state index contributed by atoms with van der Waals surface area (Å²) >= 11 is 0. The summed E-state index contributed by atoms with van der Waals surface area (Å²) in [5.74, 6) is -0.0213. The molecule has 0 saturated carbocycles. The maximum absolute atomic E-state index is 12.5. The number of hydrogen-bond donors (Lipinski definition) is 0. The molecule has 0 bridgehead atoms. The second kappa shape index (κ2) is 4.16. The Morgan fingerprint density at radius 1 is 1.40 bits per heavy atom. The van der Waals surface area contributed by atoms with Gasteiger partial charge in [-0.25, -0.2) is 4.99 Å². The van der Waals surface area contributed by atoms with Crippen LogP contribution in [0.1, 0.15) is 30.0 Å². The van der Waals surface area contributed by atoms with Gasteiger partial charge in [-0.15, -0.1) is 0 Å². The Labute approximate surface area is 117 Å². The number of benzene rings is 1. The molecule has 3 rings (SSSR count). The van der Waals surface area contributed by atoms with Gasteiger partial charge in [-0.05, 0) is 19.9 Å². The largest absolute Gasteiger partial charge is 0.478 e. The van der Waals surface area contributed by atoms with Gasteiger partial charge in [-0.3, -0.25) is 14.5 Å². The zero-order valence-electron chi connectivity index (χ0n) is 11.8. The smallest absolute Gasteiger partial charge is 0.262 e. The SMILES string of the molecule is CCOC1=NC2(CC(=O)N(C)C2=O)c2cc(C)ccc21. The van der Waals surface area contributed by atoms with E-state index in [1.807, 2.05) is 32.0 Å². The van der Waals surface area contributed by atoms with Crippen LogP contribution in [0.5, 0.6) is 0 Å². The number of carbonyl (C=O) groups is 2. The van der Waals surface area contributed by atoms with Gasteiger partial charge < -0.3 is 4.74 Å². The molecular weight excluding hydrogens is 256 g/mol. The Morgan fingerprint density at radius 2 is 2.15 bits per heavy atom. The molecule has 0 N–H and O–H groups in total. The first kappa shape index (κ1) is 12.8. The Hall–Kier alpha value is -2.17. The fourth-order valence-corrected chi connectivity index (χ4v) is 2.83. The standard InChI is InChI=1S/C15H16N2O3/c1-4-20-13-10-6-5-9(2)7-11(10)15(16-13)8-12(18)17(3)14(15)19/h5-7H,4,8H2,1-3H3. The molecule has 0 radical (unpaired) electrons. The van der Waals surface area contributed by atoms with Crippen molar-refractivity contribution < 1.29 is 14.3 Å². The number of hydrogen-bond acceptors (Lipinski definition) is 4. The van der Waals surface area contributed by atoms with E-state index in [1.165, 1.54) is 7.05 Å². The van der Waals surface area contributed by atoms with E-state index in [9.17, 15) is 9.59 Å². The zero-order valence-corrected chi connectivity index (χ0v) is 11.8. The number of aliphatic imine (C=N–C) groups is 1. The van der Waals surface area contributed by atoms with Crippen LogP contribution in [-0.4, -0.2) is 36.3 Å². The molecule has 0 aliphatic carbocycles. The van der Waals surface area contributed by atoms with Gasteiger partial charge in [0.2, 0.25) is 11.8 Å². The van der Waals surface area contributed by atoms with Crippen LogP contribution in [0.2, 0.25) is 0 Å². The molecule has 0 aromatic heterocycles. The number of ether oxygens (including phenoxy) is 1. The number of aryl methyl sites for hydroxylation is 1. The maximum atomic E-state index is 12.5. The van der Waals surface area contributed by atoms with Crippen LogP contribution in [0.15, 0.2) is 23.2 Å². The monoisotopic (exact) mass is 272 g/mol. The van der Waals surface area contributed by atoms with Crippen molar-refractivity contribution in [2.75, 3.05) is 13.7 Å². The second-order valence-electron chi connectivity index (χ2n) is 5.19. The minimum atomic E-state index is -1.11. The van der Waals surface area contributed by atoms with E-state index in [0.717, 1.165) is 21.6 Å². The highest BCUT2D eigenvalue weighted by molar-refractivity contribution is 6.14. The summed E-state index contributed by atoms with van der Waals surface area (Å²) in [5.41, 5.74) is 1.51. The van der Waals surface area contributed by atoms with E-state index in [0.29, 0.717) is 12.5 Å². The van der Waals surface area contributed by atoms with Crippen molar-refractivity contribution in [2.24, 2.45) is 4.99 Å². The molecule has 104 valence electrons. The van der Waals surface area contributed by atoms with Gasteiger partial charge >= 0.3 is 0 Å². The average molecular weight is 272 g/mol. The Bertz CT molecular complexity index is 651. The first-order valence-corrected chi connectivity index (χ1v) is 6.64. The summed E-state index contributed by atoms with van der Waals surface area (Å²) in [6, 6.07) is 5.79. The molecule has 1 fully saturated rings. The van der Waals surface area contributed by atoms with Crippen LogP contribution in [0, 0.1) is 6.92 Å². The number of fused-ring (bicyclic) bond motifs is 2. The van der Waals surface area contributed by atoms with Crippen molar-refractivity contribution in [3.8, 4) is 0 Å². The summed E-state index contributed by atoms with van der Waals surface area (Å²) in [7, 11) is 1.50. The fourth-order valence-electron chi connectivity index (χ4n) is 2.83. The molecule has 5 nitrogen and oxygen atoms in total. The average Bonchev–Trinajstić information content (AvgIpc) is 2.82. The molecule has 2 aliphatic rings. The molecule has 1 atom stereocenters. The van der Waals surface area contributed by atoms with Gasteiger partial charge in [0, 0.05) is 18.2 Å². The summed E-state index contributed by atoms with van der Waals surface area (Å²) in [5, 5.41) is 0. The third-order valence-electron chi connectivity index (χ3n) is 3.86. The van der Waals surface area contributed by atoms with E-state index in [2.05, 4.69) is 4.99 Å². The Kier molecular flexibility index (Phi) is 2.67. The third kappa shape index (κ3) is 1.52. The van der Waals surface area contributed by atoms with Crippen LogP contribution in [0.3, 0.4) is 0 Å². The van der Waals surface area contributed by atoms with Crippen LogP contribution in [-0.2, 0) is 19.9 Å². The van der Waals surface area contributed by atoms with Crippen molar-refractivity contribution in [3.05, 3.63) is 34.9 Å². The summed E-state index contributed by atoms with van der Waals surface area (Å²) in [6.07, 6.45) is 0.0787. The molecule has 2 amide bonds. The van der Waals surface area contributed by atoms with Gasteiger partial charge in [0.25, 0.3) is 5.91 Å². The number of likely N-dealkylation sites (tertiary alicyclic amines) is 1. The number of amides is 2. The predicted molar refractivity (Wildman–Crippen MR) is 73.4 cm³/mol. The van der Waals surface area contributed by atoms with E-state index in [4.69, 9.17) is 4.74 Å². The molecule has 2 heterocycles. The van der Waals surface area contributed by atoms with Gasteiger partial charge in [-0.1, -0.05) is 17.7 Å². The van der Waals surface area contributed by atoms with Crippen LogP contribution in [0.25, 0.3) is 0 Å². The van der Waals surface area contributed by atoms with E-state index in [1.54, 1.807) is 0 Å². The van der Waals surface area contributed by atoms with Gasteiger partial charge in [0.15, 0.2) is 5.54 Å². The molecule has 1 spiro atoms. The predicted octanol–water partition coefficient (Wildman–Crippen LogP) is 1.38. The normalized spacial score (nSPS) is 24.4. The van der Waals surface area contributed by atoms with Crippen molar-refractivity contribution in [3.63, 3.8) is 0 Å². The first-order chi connectivity index (χ1) is 9.49. The number of rotatable bonds is 1. The number of imide groups is 1. The Morgan fingerprint density at radius 3 is 2.75 bits per heavy atom. The highest BCUT2D eigenvalue weighted by Gasteiger charge is 2.56. The number of carbonyl (C=O) groups excluding carboxylic acids is 2. The highest BCUT2D eigenvalue weighted by atomic mass is 16.5. The van der Waals surface area contributed by atoms with Gasteiger partial charge in [0.1, 0.15) is 0 Å². The van der Waals surface area contributed by atoms with E-state index >= 15 is 0 Å². The molecular formula is C15H16N2O3. The molecule has 1 saturated heterocycles. The van der Waals surface area contributed by atoms with Crippen molar-refractivity contribution >= 4 is 17.7 Å². The lowest BCUT2D eigenvalue weighted by atomic mass is 9.87. The maximum Gasteiger partial charge on any atom is 0.262 e. The molecule has 20 heavy (non-hydrogen) atoms. The minimum Gasteiger partial charge on any atom is -0.478 e. The van der Waals surface area contributed by atoms with E-state index < -0.39 is 5.54 Å². The van der Waals surface area contributed by atoms with Crippen molar-refractivity contribution in [1.82, 2.24) is 4.90 Å². The molecule has 2 aliphatic heterocycles. The molecule has 1 aromatic rings. The lowest BCUT2D eigenvalue weighted by Gasteiger charge is -2.18. The number of likely N-dealkylation sites (N-methyl/N-ethyl adjacent to an activating group) is 1. The summed E-state index contributed by atoms with van der Waals surface area (Å²) in [4.78, 5) is 30.0. The van der Waals surface area contributed by atoms with E-state index in [-0.39, 0.29) is 18.2 Å². The van der Waals surface area contributed by atoms with Crippen LogP contribution < -0.4 is 0 Å². The second-order valence-corrected chi connectivity index (χ2v) is 5.19. The fraction of sp³-hybridized carbons (Fsp3) is 0.400. The Balaban J connectivity index is 2.21. The third-order valence-corrected chi connectivity index (χ3v) is 3.86.